The van der Waals surface area contributed by atoms with Gasteiger partial charge in [-0.2, -0.15) is 5.26 Å². The molecular weight excluding hydrogens is 396 g/mol. The molecule has 0 N–H and O–H groups in total. The van der Waals surface area contributed by atoms with E-state index in [0.717, 1.165) is 37.8 Å². The Bertz CT molecular complexity index is 1060. The monoisotopic (exact) mass is 424 g/mol. The number of benzene rings is 2. The third-order valence-electron chi connectivity index (χ3n) is 6.49. The number of nitriles is 1. The van der Waals surface area contributed by atoms with Crippen LogP contribution in [0.4, 0.5) is 0 Å². The Hall–Kier alpha value is -2.36. The topological polar surface area (TPSA) is 70.4 Å². The summed E-state index contributed by atoms with van der Waals surface area (Å²) in [6, 6.07) is 16.1. The predicted octanol–water partition coefficient (Wildman–Crippen LogP) is 3.61. The number of ether oxygens (including phenoxy) is 1. The van der Waals surface area contributed by atoms with Crippen LogP contribution in [0.15, 0.2) is 47.4 Å². The Labute approximate surface area is 179 Å². The summed E-state index contributed by atoms with van der Waals surface area (Å²) in [6.07, 6.45) is 5.39. The van der Waals surface area contributed by atoms with Crippen LogP contribution in [-0.2, 0) is 22.7 Å². The molecule has 2 aliphatic rings. The molecule has 1 fully saturated rings. The minimum absolute atomic E-state index is 0.313. The van der Waals surface area contributed by atoms with Crippen molar-refractivity contribution in [1.29, 1.82) is 5.26 Å². The normalized spacial score (nSPS) is 24.2. The van der Waals surface area contributed by atoms with Crippen LogP contribution in [0, 0.1) is 17.2 Å². The summed E-state index contributed by atoms with van der Waals surface area (Å²) >= 11 is 0. The molecule has 0 radical (unpaired) electrons. The summed E-state index contributed by atoms with van der Waals surface area (Å²) < 4.78 is 29.1. The van der Waals surface area contributed by atoms with E-state index in [2.05, 4.69) is 24.0 Å². The lowest BCUT2D eigenvalue weighted by atomic mass is 9.85. The van der Waals surface area contributed by atoms with Gasteiger partial charge in [0.1, 0.15) is 5.75 Å². The first-order valence-corrected chi connectivity index (χ1v) is 12.4. The zero-order valence-electron chi connectivity index (χ0n) is 17.5. The van der Waals surface area contributed by atoms with Crippen LogP contribution in [0.1, 0.15) is 36.5 Å². The van der Waals surface area contributed by atoms with E-state index >= 15 is 0 Å². The Morgan fingerprint density at radius 1 is 1.20 bits per heavy atom. The zero-order chi connectivity index (χ0) is 21.3. The SMILES string of the molecule is C[C@@H]1C[C@H](COc2ccc(S(C)(=O)=O)cc2)CN1[C@H]1CCc2c(C#N)cccc2C1. The molecule has 5 nitrogen and oxygen atoms in total. The molecule has 0 spiro atoms. The molecule has 2 aromatic rings. The highest BCUT2D eigenvalue weighted by Gasteiger charge is 2.35. The molecule has 6 heteroatoms. The number of hydrogen-bond donors (Lipinski definition) is 0. The van der Waals surface area contributed by atoms with Gasteiger partial charge in [-0.15, -0.1) is 0 Å². The van der Waals surface area contributed by atoms with E-state index in [4.69, 9.17) is 4.74 Å². The molecule has 0 unspecified atom stereocenters. The number of sulfone groups is 1. The third-order valence-corrected chi connectivity index (χ3v) is 7.62. The highest BCUT2D eigenvalue weighted by Crippen LogP contribution is 2.33. The Balaban J connectivity index is 1.35. The van der Waals surface area contributed by atoms with E-state index in [0.29, 0.717) is 35.3 Å². The second-order valence-electron chi connectivity index (χ2n) is 8.65. The lowest BCUT2D eigenvalue weighted by Gasteiger charge is -2.35. The van der Waals surface area contributed by atoms with Crippen LogP contribution >= 0.6 is 0 Å². The summed E-state index contributed by atoms with van der Waals surface area (Å²) in [5.41, 5.74) is 3.39. The van der Waals surface area contributed by atoms with Crippen LogP contribution < -0.4 is 4.74 Å². The van der Waals surface area contributed by atoms with Crippen molar-refractivity contribution in [3.8, 4) is 11.8 Å². The molecule has 0 bridgehead atoms. The van der Waals surface area contributed by atoms with Gasteiger partial charge >= 0.3 is 0 Å². The fourth-order valence-electron chi connectivity index (χ4n) is 4.97. The van der Waals surface area contributed by atoms with E-state index in [1.165, 1.54) is 17.4 Å². The summed E-state index contributed by atoms with van der Waals surface area (Å²) in [5.74, 6) is 1.17. The minimum Gasteiger partial charge on any atom is -0.493 e. The van der Waals surface area contributed by atoms with Crippen LogP contribution in [0.2, 0.25) is 0 Å². The summed E-state index contributed by atoms with van der Waals surface area (Å²) in [6.45, 7) is 3.95. The highest BCUT2D eigenvalue weighted by atomic mass is 32.2. The molecule has 0 amide bonds. The van der Waals surface area contributed by atoms with Gasteiger partial charge in [0.2, 0.25) is 0 Å². The summed E-state index contributed by atoms with van der Waals surface area (Å²) in [7, 11) is -3.18. The van der Waals surface area contributed by atoms with Crippen molar-refractivity contribution in [2.24, 2.45) is 5.92 Å². The van der Waals surface area contributed by atoms with E-state index in [1.807, 2.05) is 12.1 Å². The maximum atomic E-state index is 11.6. The van der Waals surface area contributed by atoms with Crippen LogP contribution in [0.3, 0.4) is 0 Å². The maximum Gasteiger partial charge on any atom is 0.175 e. The fraction of sp³-hybridized carbons (Fsp3) is 0.458. The van der Waals surface area contributed by atoms with Gasteiger partial charge in [0.05, 0.1) is 23.1 Å². The Morgan fingerprint density at radius 3 is 2.67 bits per heavy atom. The maximum absolute atomic E-state index is 11.6. The van der Waals surface area contributed by atoms with Gasteiger partial charge in [0.15, 0.2) is 9.84 Å². The Kier molecular flexibility index (Phi) is 5.86. The molecule has 2 aromatic carbocycles. The zero-order valence-corrected chi connectivity index (χ0v) is 18.4. The average molecular weight is 425 g/mol. The Morgan fingerprint density at radius 2 is 1.97 bits per heavy atom. The molecule has 30 heavy (non-hydrogen) atoms. The minimum atomic E-state index is -3.18. The molecule has 4 rings (SSSR count). The number of hydrogen-bond acceptors (Lipinski definition) is 5. The fourth-order valence-corrected chi connectivity index (χ4v) is 5.60. The van der Waals surface area contributed by atoms with E-state index in [1.54, 1.807) is 24.3 Å². The first-order chi connectivity index (χ1) is 14.3. The van der Waals surface area contributed by atoms with Crippen molar-refractivity contribution in [3.63, 3.8) is 0 Å². The number of likely N-dealkylation sites (tertiary alicyclic amines) is 1. The molecule has 1 aliphatic carbocycles. The average Bonchev–Trinajstić information content (AvgIpc) is 3.11. The van der Waals surface area contributed by atoms with Gasteiger partial charge in [0, 0.05) is 30.8 Å². The standard InChI is InChI=1S/C24H28N2O3S/c1-17-12-18(16-29-22-7-9-23(10-8-22)30(2,27)28)15-26(17)21-6-11-24-19(13-21)4-3-5-20(24)14-25/h3-5,7-10,17-18,21H,6,11-13,15-16H2,1-2H3/t17-,18+,21+/m1/s1. The molecule has 1 aliphatic heterocycles. The third kappa shape index (κ3) is 4.38. The molecule has 3 atom stereocenters. The highest BCUT2D eigenvalue weighted by molar-refractivity contribution is 7.90. The van der Waals surface area contributed by atoms with E-state index < -0.39 is 9.84 Å². The van der Waals surface area contributed by atoms with Gasteiger partial charge in [-0.05, 0) is 74.1 Å². The van der Waals surface area contributed by atoms with Gasteiger partial charge in [-0.25, -0.2) is 8.42 Å². The molecule has 1 saturated heterocycles. The lowest BCUT2D eigenvalue weighted by Crippen LogP contribution is -2.41. The van der Waals surface area contributed by atoms with Crippen molar-refractivity contribution >= 4 is 9.84 Å². The smallest absolute Gasteiger partial charge is 0.175 e. The van der Waals surface area contributed by atoms with Gasteiger partial charge in [-0.1, -0.05) is 12.1 Å². The summed E-state index contributed by atoms with van der Waals surface area (Å²) in [4.78, 5) is 2.93. The van der Waals surface area contributed by atoms with Gasteiger partial charge in [-0.3, -0.25) is 4.90 Å². The van der Waals surface area contributed by atoms with Gasteiger partial charge < -0.3 is 4.74 Å². The predicted molar refractivity (Wildman–Crippen MR) is 116 cm³/mol. The van der Waals surface area contributed by atoms with Crippen molar-refractivity contribution in [2.45, 2.75) is 49.6 Å². The van der Waals surface area contributed by atoms with Crippen LogP contribution in [0.5, 0.6) is 5.75 Å². The quantitative estimate of drug-likeness (QED) is 0.733. The van der Waals surface area contributed by atoms with Crippen LogP contribution in [0.25, 0.3) is 0 Å². The largest absolute Gasteiger partial charge is 0.493 e. The summed E-state index contributed by atoms with van der Waals surface area (Å²) in [5, 5.41) is 9.35. The molecular formula is C24H28N2O3S. The number of nitrogens with zero attached hydrogens (tertiary/aromatic N) is 2. The molecule has 1 heterocycles. The second kappa shape index (κ2) is 8.41. The lowest BCUT2D eigenvalue weighted by molar-refractivity contribution is 0.164. The molecule has 0 saturated carbocycles. The molecule has 0 aromatic heterocycles. The first kappa shape index (κ1) is 20.9. The van der Waals surface area contributed by atoms with Crippen LogP contribution in [-0.4, -0.2) is 44.8 Å². The van der Waals surface area contributed by atoms with Crippen molar-refractivity contribution in [1.82, 2.24) is 4.90 Å². The first-order valence-electron chi connectivity index (χ1n) is 10.5. The van der Waals surface area contributed by atoms with E-state index in [9.17, 15) is 13.7 Å². The second-order valence-corrected chi connectivity index (χ2v) is 10.7. The molecule has 158 valence electrons. The van der Waals surface area contributed by atoms with Crippen molar-refractivity contribution < 1.29 is 13.2 Å². The number of rotatable bonds is 5. The van der Waals surface area contributed by atoms with Gasteiger partial charge in [0.25, 0.3) is 0 Å². The van der Waals surface area contributed by atoms with E-state index in [-0.39, 0.29) is 0 Å². The van der Waals surface area contributed by atoms with Crippen molar-refractivity contribution in [2.75, 3.05) is 19.4 Å². The number of fused-ring (bicyclic) bond motifs is 1. The van der Waals surface area contributed by atoms with Crippen molar-refractivity contribution in [3.05, 3.63) is 59.2 Å².